The van der Waals surface area contributed by atoms with Gasteiger partial charge in [-0.25, -0.2) is 0 Å². The molecule has 0 aliphatic heterocycles. The molecule has 0 nitrogen and oxygen atoms in total. The zero-order chi connectivity index (χ0) is 22.5. The second-order valence-corrected chi connectivity index (χ2v) is 8.01. The van der Waals surface area contributed by atoms with Gasteiger partial charge in [-0.1, -0.05) is 85.3 Å². The monoisotopic (exact) mass is 604 g/mol. The zero-order valence-electron chi connectivity index (χ0n) is 21.4. The van der Waals surface area contributed by atoms with Crippen molar-refractivity contribution in [1.82, 2.24) is 0 Å². The summed E-state index contributed by atoms with van der Waals surface area (Å²) >= 11 is 1.36. The molecule has 36 heavy (non-hydrogen) atoms. The van der Waals surface area contributed by atoms with Crippen molar-refractivity contribution in [2.24, 2.45) is 0 Å². The average molecular weight is 607 g/mol. The Balaban J connectivity index is 0.000000577. The minimum atomic E-state index is 0. The van der Waals surface area contributed by atoms with Crippen LogP contribution < -0.4 is 24.8 Å². The molecule has 0 aliphatic rings. The summed E-state index contributed by atoms with van der Waals surface area (Å²) in [6.07, 6.45) is 2.23. The van der Waals surface area contributed by atoms with Crippen LogP contribution in [0.3, 0.4) is 0 Å². The van der Waals surface area contributed by atoms with Gasteiger partial charge in [-0.2, -0.15) is 12.1 Å². The van der Waals surface area contributed by atoms with Gasteiger partial charge in [0.15, 0.2) is 0 Å². The zero-order valence-corrected chi connectivity index (χ0v) is 26.4. The van der Waals surface area contributed by atoms with E-state index >= 15 is 0 Å². The van der Waals surface area contributed by atoms with Crippen LogP contribution >= 0.6 is 0 Å². The fourth-order valence-electron chi connectivity index (χ4n) is 4.46. The molecule has 0 atom stereocenters. The van der Waals surface area contributed by atoms with E-state index in [0.29, 0.717) is 0 Å². The third-order valence-corrected chi connectivity index (χ3v) is 6.17. The molecule has 0 heterocycles. The number of aryl methyl sites for hydroxylation is 2. The van der Waals surface area contributed by atoms with Crippen molar-refractivity contribution in [3.8, 4) is 0 Å². The van der Waals surface area contributed by atoms with Gasteiger partial charge in [-0.05, 0) is 23.6 Å². The third kappa shape index (κ3) is 7.20. The molecule has 0 amide bonds. The predicted octanol–water partition coefficient (Wildman–Crippen LogP) is 3.07. The summed E-state index contributed by atoms with van der Waals surface area (Å²) < 4.78 is 0. The topological polar surface area (TPSA) is 0 Å². The van der Waals surface area contributed by atoms with E-state index in [2.05, 4.69) is 118 Å². The first-order valence-corrected chi connectivity index (χ1v) is 15.3. The summed E-state index contributed by atoms with van der Waals surface area (Å²) in [6, 6.07) is 35.2. The van der Waals surface area contributed by atoms with Gasteiger partial charge in [0.2, 0.25) is 0 Å². The first kappa shape index (κ1) is 34.3. The van der Waals surface area contributed by atoms with Gasteiger partial charge in [-0.3, -0.25) is 0 Å². The van der Waals surface area contributed by atoms with E-state index in [1.807, 2.05) is 0 Å². The molecular formula is C32H32Cl2SiZr-4. The van der Waals surface area contributed by atoms with E-state index in [1.54, 1.807) is 0 Å². The van der Waals surface area contributed by atoms with E-state index < -0.39 is 0 Å². The Bertz CT molecular complexity index is 1380. The van der Waals surface area contributed by atoms with Crippen molar-refractivity contribution in [2.45, 2.75) is 26.7 Å². The Labute approximate surface area is 246 Å². The van der Waals surface area contributed by atoms with E-state index in [-0.39, 0.29) is 39.7 Å². The maximum absolute atomic E-state index is 3.06. The summed E-state index contributed by atoms with van der Waals surface area (Å²) in [6.45, 7) is 7.47. The van der Waals surface area contributed by atoms with E-state index in [0.717, 1.165) is 12.8 Å². The molecule has 0 bridgehead atoms. The molecule has 4 heteroatoms. The standard InChI is InChI=1S/2C15H13.2CH3.2ClH.Si.Zr/c2*1-2-11-9-13-8-7-12-5-3-4-6-14(12)15(13)10-11;;;;;;/h2*3-10H,2H2,1H3;2*1H3;2*1H;;/q4*-1;;;;+2/p-2. The van der Waals surface area contributed by atoms with E-state index in [9.17, 15) is 0 Å². The van der Waals surface area contributed by atoms with Crippen molar-refractivity contribution in [2.75, 3.05) is 0 Å². The van der Waals surface area contributed by atoms with Crippen LogP contribution in [0.5, 0.6) is 0 Å². The SMILES string of the molecule is CCc1cc2c(ccc3ccccc32)[cH-]1.CCc1cc2c(ccc3ccccc32)[cH-]1.[CH3-].[CH3-].[Cl-].[Cl-].[Si]=[Zr+2]. The molecule has 0 fully saturated rings. The van der Waals surface area contributed by atoms with Crippen LogP contribution in [-0.4, -0.2) is 6.88 Å². The summed E-state index contributed by atoms with van der Waals surface area (Å²) in [7, 11) is 0. The van der Waals surface area contributed by atoms with Gasteiger partial charge in [0, 0.05) is 0 Å². The normalized spacial score (nSPS) is 9.56. The summed E-state index contributed by atoms with van der Waals surface area (Å²) in [4.78, 5) is 0. The number of fused-ring (bicyclic) bond motifs is 6. The van der Waals surface area contributed by atoms with Crippen LogP contribution in [0.25, 0.3) is 43.1 Å². The van der Waals surface area contributed by atoms with Gasteiger partial charge in [-0.15, -0.1) is 56.9 Å². The average Bonchev–Trinajstić information content (AvgIpc) is 3.50. The second kappa shape index (κ2) is 16.2. The minimum absolute atomic E-state index is 0. The molecule has 0 aliphatic carbocycles. The van der Waals surface area contributed by atoms with Gasteiger partial charge >= 0.3 is 30.2 Å². The third-order valence-electron chi connectivity index (χ3n) is 6.17. The quantitative estimate of drug-likeness (QED) is 0.210. The van der Waals surface area contributed by atoms with E-state index in [1.165, 1.54) is 77.6 Å². The van der Waals surface area contributed by atoms with Gasteiger partial charge in [0.1, 0.15) is 0 Å². The van der Waals surface area contributed by atoms with Crippen molar-refractivity contribution < 1.29 is 48.1 Å². The maximum atomic E-state index is 3.06. The molecule has 0 saturated heterocycles. The van der Waals surface area contributed by atoms with Crippen molar-refractivity contribution in [3.63, 3.8) is 0 Å². The predicted molar refractivity (Wildman–Crippen MR) is 151 cm³/mol. The molecule has 2 radical (unpaired) electrons. The summed E-state index contributed by atoms with van der Waals surface area (Å²) in [5.74, 6) is 0. The molecule has 6 rings (SSSR count). The van der Waals surface area contributed by atoms with Crippen LogP contribution in [-0.2, 0) is 36.2 Å². The molecule has 0 N–H and O–H groups in total. The van der Waals surface area contributed by atoms with Crippen LogP contribution in [0, 0.1) is 14.9 Å². The molecule has 0 aromatic heterocycles. The van der Waals surface area contributed by atoms with Crippen LogP contribution in [0.1, 0.15) is 25.0 Å². The second-order valence-electron chi connectivity index (χ2n) is 8.01. The molecule has 6 aromatic rings. The fourth-order valence-corrected chi connectivity index (χ4v) is 4.46. The molecule has 0 unspecified atom stereocenters. The molecular weight excluding hydrogens is 575 g/mol. The van der Waals surface area contributed by atoms with Gasteiger partial charge in [0.25, 0.3) is 0 Å². The Kier molecular flexibility index (Phi) is 15.4. The molecule has 0 spiro atoms. The summed E-state index contributed by atoms with van der Waals surface area (Å²) in [5.41, 5.74) is 2.86. The number of benzene rings is 4. The number of halogens is 2. The Hall–Kier alpha value is -1.70. The summed E-state index contributed by atoms with van der Waals surface area (Å²) in [5, 5.41) is 10.9. The van der Waals surface area contributed by atoms with Crippen molar-refractivity contribution in [1.29, 1.82) is 0 Å². The molecule has 0 saturated carbocycles. The number of hydrogen-bond donors (Lipinski definition) is 0. The molecule has 186 valence electrons. The fraction of sp³-hybridized carbons (Fsp3) is 0.125. The van der Waals surface area contributed by atoms with Crippen LogP contribution in [0.2, 0.25) is 0 Å². The number of rotatable bonds is 2. The van der Waals surface area contributed by atoms with Crippen LogP contribution in [0.15, 0.2) is 97.1 Å². The number of hydrogen-bond acceptors (Lipinski definition) is 0. The first-order chi connectivity index (χ1) is 15.8. The van der Waals surface area contributed by atoms with Crippen molar-refractivity contribution in [3.05, 3.63) is 123 Å². The van der Waals surface area contributed by atoms with Gasteiger partial charge < -0.3 is 39.7 Å². The Morgan fingerprint density at radius 1 is 0.556 bits per heavy atom. The first-order valence-electron chi connectivity index (χ1n) is 11.2. The van der Waals surface area contributed by atoms with Crippen molar-refractivity contribution >= 4 is 50.0 Å². The Morgan fingerprint density at radius 3 is 1.28 bits per heavy atom. The molecule has 6 aromatic carbocycles. The van der Waals surface area contributed by atoms with Crippen LogP contribution in [0.4, 0.5) is 0 Å². The van der Waals surface area contributed by atoms with E-state index in [4.69, 9.17) is 0 Å². The Morgan fingerprint density at radius 2 is 0.917 bits per heavy atom. The van der Waals surface area contributed by atoms with Gasteiger partial charge in [0.05, 0.1) is 0 Å².